The lowest BCUT2D eigenvalue weighted by atomic mass is 9.68. The summed E-state index contributed by atoms with van der Waals surface area (Å²) in [5.74, 6) is 2.77. The Labute approximate surface area is 190 Å². The fourth-order valence-electron chi connectivity index (χ4n) is 6.68. The molecule has 6 rings (SSSR count). The molecule has 0 unspecified atom stereocenters. The van der Waals surface area contributed by atoms with Gasteiger partial charge in [-0.25, -0.2) is 0 Å². The smallest absolute Gasteiger partial charge is 0.251 e. The van der Waals surface area contributed by atoms with Crippen LogP contribution in [0.15, 0.2) is 78.9 Å². The van der Waals surface area contributed by atoms with E-state index in [2.05, 4.69) is 65.2 Å². The minimum atomic E-state index is 0.0358. The highest BCUT2D eigenvalue weighted by Gasteiger charge is 2.53. The summed E-state index contributed by atoms with van der Waals surface area (Å²) in [6.07, 6.45) is 4.88. The Kier molecular flexibility index (Phi) is 4.98. The van der Waals surface area contributed by atoms with Gasteiger partial charge >= 0.3 is 0 Å². The van der Waals surface area contributed by atoms with Crippen LogP contribution < -0.4 is 10.6 Å². The number of anilines is 1. The molecule has 3 aromatic carbocycles. The van der Waals surface area contributed by atoms with Crippen LogP contribution in [0.3, 0.4) is 0 Å². The maximum absolute atomic E-state index is 12.9. The van der Waals surface area contributed by atoms with E-state index >= 15 is 0 Å². The van der Waals surface area contributed by atoms with Gasteiger partial charge in [-0.3, -0.25) is 4.79 Å². The number of carbonyl (C=O) groups excluding carboxylic acids is 1. The maximum Gasteiger partial charge on any atom is 0.251 e. The lowest BCUT2D eigenvalue weighted by molar-refractivity contribution is 0.0954. The zero-order valence-electron chi connectivity index (χ0n) is 18.3. The quantitative estimate of drug-likeness (QED) is 0.533. The van der Waals surface area contributed by atoms with Crippen LogP contribution in [-0.4, -0.2) is 12.5 Å². The number of nitrogens with one attached hydrogen (secondary N) is 2. The van der Waals surface area contributed by atoms with Gasteiger partial charge in [-0.2, -0.15) is 0 Å². The van der Waals surface area contributed by atoms with E-state index in [9.17, 15) is 4.79 Å². The molecule has 2 fully saturated rings. The third-order valence-corrected chi connectivity index (χ3v) is 8.05. The van der Waals surface area contributed by atoms with Gasteiger partial charge in [0, 0.05) is 17.8 Å². The van der Waals surface area contributed by atoms with Crippen molar-refractivity contribution in [3.8, 4) is 0 Å². The van der Waals surface area contributed by atoms with Crippen molar-refractivity contribution in [1.82, 2.24) is 5.32 Å². The Morgan fingerprint density at radius 1 is 0.906 bits per heavy atom. The van der Waals surface area contributed by atoms with E-state index < -0.39 is 0 Å². The average molecular weight is 423 g/mol. The van der Waals surface area contributed by atoms with Crippen LogP contribution in [0.1, 0.15) is 58.3 Å². The van der Waals surface area contributed by atoms with Crippen molar-refractivity contribution in [2.24, 2.45) is 17.8 Å². The summed E-state index contributed by atoms with van der Waals surface area (Å²) in [6.45, 7) is 0.658. The summed E-state index contributed by atoms with van der Waals surface area (Å²) in [6, 6.07) is 27.9. The molecule has 162 valence electrons. The minimum absolute atomic E-state index is 0.0358. The van der Waals surface area contributed by atoms with Gasteiger partial charge in [-0.1, -0.05) is 60.7 Å². The number of amides is 1. The van der Waals surface area contributed by atoms with Crippen LogP contribution in [0.2, 0.25) is 0 Å². The largest absolute Gasteiger partial charge is 0.378 e. The van der Waals surface area contributed by atoms with E-state index in [1.165, 1.54) is 41.6 Å². The van der Waals surface area contributed by atoms with E-state index in [0.717, 1.165) is 23.8 Å². The van der Waals surface area contributed by atoms with Crippen molar-refractivity contribution in [3.05, 3.63) is 101 Å². The summed E-state index contributed by atoms with van der Waals surface area (Å²) in [7, 11) is 0. The lowest BCUT2D eigenvalue weighted by Gasteiger charge is -2.43. The lowest BCUT2D eigenvalue weighted by Crippen LogP contribution is -2.35. The van der Waals surface area contributed by atoms with Gasteiger partial charge in [0.25, 0.3) is 5.91 Å². The van der Waals surface area contributed by atoms with Crippen molar-refractivity contribution in [1.29, 1.82) is 0 Å². The molecule has 5 atom stereocenters. The Morgan fingerprint density at radius 3 is 2.47 bits per heavy atom. The molecule has 0 spiro atoms. The normalized spacial score (nSPS) is 27.3. The van der Waals surface area contributed by atoms with E-state index in [1.807, 2.05) is 24.3 Å². The third kappa shape index (κ3) is 3.40. The van der Waals surface area contributed by atoms with Crippen LogP contribution in [-0.2, 0) is 6.42 Å². The van der Waals surface area contributed by atoms with Crippen LogP contribution in [0.5, 0.6) is 0 Å². The number of benzene rings is 3. The van der Waals surface area contributed by atoms with Crippen LogP contribution in [0.25, 0.3) is 0 Å². The molecule has 1 amide bonds. The standard InChI is InChI=1S/C29H30N2O/c32-29(30-16-15-19-7-3-1-4-8-19)23-13-14-25-24(18-23)26-21-11-12-22(17-21)27(26)28(31-25)20-9-5-2-6-10-20/h1-10,13-14,18,21-22,26-28,31H,11-12,15-17H2,(H,30,32)/t21-,22-,26-,27-,28+/m0/s1. The number of hydrogen-bond donors (Lipinski definition) is 2. The zero-order chi connectivity index (χ0) is 21.5. The first-order chi connectivity index (χ1) is 15.8. The topological polar surface area (TPSA) is 41.1 Å². The highest BCUT2D eigenvalue weighted by molar-refractivity contribution is 5.95. The van der Waals surface area contributed by atoms with Crippen LogP contribution in [0.4, 0.5) is 5.69 Å². The van der Waals surface area contributed by atoms with Crippen molar-refractivity contribution < 1.29 is 4.79 Å². The summed E-state index contributed by atoms with van der Waals surface area (Å²) in [5, 5.41) is 6.99. The SMILES string of the molecule is O=C(NCCc1ccccc1)c1ccc2c(c1)[C@@H]1[C@H]3CC[C@@H](C3)[C@@H]1[C@@H](c1ccccc1)N2. The predicted octanol–water partition coefficient (Wildman–Crippen LogP) is 5.96. The molecule has 0 saturated heterocycles. The summed E-state index contributed by atoms with van der Waals surface area (Å²) >= 11 is 0. The van der Waals surface area contributed by atoms with Crippen molar-refractivity contribution in [2.75, 3.05) is 11.9 Å². The fraction of sp³-hybridized carbons (Fsp3) is 0.345. The Morgan fingerprint density at radius 2 is 1.66 bits per heavy atom. The minimum Gasteiger partial charge on any atom is -0.378 e. The molecule has 2 N–H and O–H groups in total. The molecule has 0 radical (unpaired) electrons. The second-order valence-electron chi connectivity index (χ2n) is 9.76. The van der Waals surface area contributed by atoms with E-state index in [1.54, 1.807) is 0 Å². The van der Waals surface area contributed by atoms with Crippen molar-refractivity contribution in [2.45, 2.75) is 37.6 Å². The number of carbonyl (C=O) groups is 1. The molecular formula is C29H30N2O. The van der Waals surface area contributed by atoms with Crippen LogP contribution >= 0.6 is 0 Å². The van der Waals surface area contributed by atoms with E-state index in [0.29, 0.717) is 24.4 Å². The van der Waals surface area contributed by atoms with Gasteiger partial charge in [0.1, 0.15) is 0 Å². The molecule has 0 aromatic heterocycles. The third-order valence-electron chi connectivity index (χ3n) is 8.05. The van der Waals surface area contributed by atoms with Crippen molar-refractivity contribution in [3.63, 3.8) is 0 Å². The summed E-state index contributed by atoms with van der Waals surface area (Å²) < 4.78 is 0. The first-order valence-electron chi connectivity index (χ1n) is 12.1. The molecule has 3 aromatic rings. The van der Waals surface area contributed by atoms with Gasteiger partial charge in [0.15, 0.2) is 0 Å². The molecule has 2 aliphatic carbocycles. The Hall–Kier alpha value is -3.07. The second kappa shape index (κ2) is 8.12. The highest BCUT2D eigenvalue weighted by Crippen LogP contribution is 2.63. The number of hydrogen-bond acceptors (Lipinski definition) is 2. The molecule has 32 heavy (non-hydrogen) atoms. The molecule has 1 heterocycles. The Balaban J connectivity index is 1.25. The fourth-order valence-corrected chi connectivity index (χ4v) is 6.68. The monoisotopic (exact) mass is 422 g/mol. The predicted molar refractivity (Wildman–Crippen MR) is 129 cm³/mol. The second-order valence-corrected chi connectivity index (χ2v) is 9.76. The first-order valence-corrected chi connectivity index (χ1v) is 12.1. The van der Waals surface area contributed by atoms with Gasteiger partial charge in [0.05, 0.1) is 6.04 Å². The van der Waals surface area contributed by atoms with Gasteiger partial charge < -0.3 is 10.6 Å². The number of rotatable bonds is 5. The molecule has 2 saturated carbocycles. The number of fused-ring (bicyclic) bond motifs is 7. The van der Waals surface area contributed by atoms with Gasteiger partial charge in [-0.05, 0) is 84.2 Å². The molecular weight excluding hydrogens is 392 g/mol. The maximum atomic E-state index is 12.9. The van der Waals surface area contributed by atoms with Crippen molar-refractivity contribution >= 4 is 11.6 Å². The summed E-state index contributed by atoms with van der Waals surface area (Å²) in [4.78, 5) is 12.9. The van der Waals surface area contributed by atoms with E-state index in [-0.39, 0.29) is 5.91 Å². The first kappa shape index (κ1) is 19.6. The molecule has 2 bridgehead atoms. The molecule has 3 heteroatoms. The van der Waals surface area contributed by atoms with Gasteiger partial charge in [-0.15, -0.1) is 0 Å². The van der Waals surface area contributed by atoms with Gasteiger partial charge in [0.2, 0.25) is 0 Å². The Bertz CT molecular complexity index is 1110. The molecule has 3 nitrogen and oxygen atoms in total. The molecule has 3 aliphatic rings. The molecule has 1 aliphatic heterocycles. The average Bonchev–Trinajstić information content (AvgIpc) is 3.47. The highest BCUT2D eigenvalue weighted by atomic mass is 16.1. The zero-order valence-corrected chi connectivity index (χ0v) is 18.3. The van der Waals surface area contributed by atoms with E-state index in [4.69, 9.17) is 0 Å². The summed E-state index contributed by atoms with van der Waals surface area (Å²) in [5.41, 5.74) is 6.01. The van der Waals surface area contributed by atoms with Crippen LogP contribution in [0, 0.1) is 17.8 Å².